The number of carboxylic acids is 2. The van der Waals surface area contributed by atoms with Crippen molar-refractivity contribution < 1.29 is 53.4 Å². The number of nitriles is 1. The van der Waals surface area contributed by atoms with E-state index in [0.717, 1.165) is 11.3 Å². The Bertz CT molecular complexity index is 1520. The van der Waals surface area contributed by atoms with Crippen LogP contribution in [0.15, 0.2) is 11.4 Å². The average Bonchev–Trinajstić information content (AvgIpc) is 3.48. The summed E-state index contributed by atoms with van der Waals surface area (Å²) >= 11 is 1.12. The zero-order chi connectivity index (χ0) is 39.0. The molecular weight excluding hydrogens is 694 g/mol. The van der Waals surface area contributed by atoms with E-state index in [0.29, 0.717) is 10.4 Å². The van der Waals surface area contributed by atoms with E-state index in [-0.39, 0.29) is 18.8 Å². The zero-order valence-electron chi connectivity index (χ0n) is 28.1. The highest BCUT2D eigenvalue weighted by Gasteiger charge is 2.33. The lowest BCUT2D eigenvalue weighted by atomic mass is 10.0. The van der Waals surface area contributed by atoms with Crippen molar-refractivity contribution in [3.63, 3.8) is 0 Å². The number of rotatable bonds is 22. The summed E-state index contributed by atoms with van der Waals surface area (Å²) in [6, 6.07) is -5.33. The number of aliphatic carboxylic acids is 2. The summed E-state index contributed by atoms with van der Waals surface area (Å²) in [4.78, 5) is 112. The quantitative estimate of drug-likeness (QED) is 0.0558. The molecule has 280 valence electrons. The minimum Gasteiger partial charge on any atom is -0.481 e. The highest BCUT2D eigenvalue weighted by Crippen LogP contribution is 2.15. The maximum Gasteiger partial charge on any atom is 0.305 e. The lowest BCUT2D eigenvalue weighted by Gasteiger charge is -2.26. The SMILES string of the molecule is CC(C)C[C@H](NC(=O)[C@@H](N)CC(=O)O)C(=O)N[C@@H](CCC(=O)O)C(=O)N[C@@H](CC(N)=O)C(=O)N[C@@H](C)C(=O)N[C@@H](Cc1csc(C#N)c1)C(N)=O. The monoisotopic (exact) mass is 737 g/mol. The van der Waals surface area contributed by atoms with Gasteiger partial charge in [0.1, 0.15) is 41.2 Å². The fourth-order valence-electron chi connectivity index (χ4n) is 4.43. The van der Waals surface area contributed by atoms with Gasteiger partial charge in [0.05, 0.1) is 18.9 Å². The second-order valence-electron chi connectivity index (χ2n) is 11.9. The third kappa shape index (κ3) is 16.1. The van der Waals surface area contributed by atoms with Gasteiger partial charge in [0.2, 0.25) is 41.4 Å². The first-order chi connectivity index (χ1) is 23.7. The van der Waals surface area contributed by atoms with Crippen LogP contribution in [0.1, 0.15) is 63.3 Å². The highest BCUT2D eigenvalue weighted by molar-refractivity contribution is 7.10. The van der Waals surface area contributed by atoms with Crippen LogP contribution in [0.5, 0.6) is 0 Å². The molecule has 1 aromatic heterocycles. The molecule has 1 rings (SSSR count). The number of primary amides is 2. The Balaban J connectivity index is 3.13. The summed E-state index contributed by atoms with van der Waals surface area (Å²) < 4.78 is 0. The van der Waals surface area contributed by atoms with Crippen molar-refractivity contribution in [3.8, 4) is 6.07 Å². The van der Waals surface area contributed by atoms with Gasteiger partial charge in [-0.05, 0) is 42.7 Å². The van der Waals surface area contributed by atoms with Crippen molar-refractivity contribution in [1.82, 2.24) is 26.6 Å². The number of hydrogen-bond donors (Lipinski definition) is 10. The summed E-state index contributed by atoms with van der Waals surface area (Å²) in [5.41, 5.74) is 16.8. The van der Waals surface area contributed by atoms with Gasteiger partial charge in [-0.25, -0.2) is 0 Å². The van der Waals surface area contributed by atoms with Crippen molar-refractivity contribution in [3.05, 3.63) is 21.9 Å². The van der Waals surface area contributed by atoms with Gasteiger partial charge in [-0.3, -0.25) is 43.2 Å². The average molecular weight is 738 g/mol. The van der Waals surface area contributed by atoms with Crippen LogP contribution in [0.3, 0.4) is 0 Å². The molecule has 0 saturated heterocycles. The standard InChI is InChI=1S/C30H43N9O11S/c1-13(2)6-20(38-27(47)17(32)9-24(43)44)30(50)36-18(4-5-23(41)42)28(48)39-21(10-22(33)40)29(49)35-14(3)26(46)37-19(25(34)45)8-15-7-16(11-31)51-12-15/h7,12-14,17-21H,4-6,8-10,32H2,1-3H3,(H2,33,40)(H2,34,45)(H,35,49)(H,36,50)(H,37,46)(H,38,47)(H,39,48)(H,41,42)(H,43,44)/t14-,17-,18-,19-,20-,21-/m0/s1. The molecule has 0 aliphatic carbocycles. The molecule has 1 aromatic rings. The molecule has 21 heteroatoms. The van der Waals surface area contributed by atoms with E-state index in [1.807, 2.05) is 6.07 Å². The molecule has 0 unspecified atom stereocenters. The normalized spacial score (nSPS) is 14.3. The lowest BCUT2D eigenvalue weighted by molar-refractivity contribution is -0.140. The van der Waals surface area contributed by atoms with Crippen molar-refractivity contribution >= 4 is 64.6 Å². The van der Waals surface area contributed by atoms with Crippen LogP contribution >= 0.6 is 11.3 Å². The van der Waals surface area contributed by atoms with Gasteiger partial charge < -0.3 is 54.0 Å². The zero-order valence-corrected chi connectivity index (χ0v) is 28.9. The Morgan fingerprint density at radius 3 is 1.82 bits per heavy atom. The Morgan fingerprint density at radius 1 is 0.765 bits per heavy atom. The van der Waals surface area contributed by atoms with Crippen molar-refractivity contribution in [1.29, 1.82) is 5.26 Å². The number of hydrogen-bond acceptors (Lipinski definition) is 12. The summed E-state index contributed by atoms with van der Waals surface area (Å²) in [5, 5.41) is 40.3. The Kier molecular flexibility index (Phi) is 17.7. The molecule has 0 aliphatic heterocycles. The first-order valence-electron chi connectivity index (χ1n) is 15.5. The molecule has 7 amide bonds. The van der Waals surface area contributed by atoms with Crippen LogP contribution < -0.4 is 43.8 Å². The minimum atomic E-state index is -1.73. The van der Waals surface area contributed by atoms with E-state index in [9.17, 15) is 48.3 Å². The van der Waals surface area contributed by atoms with Gasteiger partial charge >= 0.3 is 11.9 Å². The van der Waals surface area contributed by atoms with Gasteiger partial charge in [-0.1, -0.05) is 13.8 Å². The Hall–Kier alpha value is -5.62. The minimum absolute atomic E-state index is 0.00206. The van der Waals surface area contributed by atoms with Crippen molar-refractivity contribution in [2.75, 3.05) is 0 Å². The number of carboxylic acid groups (broad SMARTS) is 2. The van der Waals surface area contributed by atoms with Crippen LogP contribution in [0.4, 0.5) is 0 Å². The number of nitrogens with two attached hydrogens (primary N) is 3. The molecule has 0 aliphatic rings. The molecule has 20 nitrogen and oxygen atoms in total. The fourth-order valence-corrected chi connectivity index (χ4v) is 5.14. The molecular formula is C30H43N9O11S. The van der Waals surface area contributed by atoms with E-state index in [4.69, 9.17) is 27.6 Å². The number of carbonyl (C=O) groups excluding carboxylic acids is 7. The number of carbonyl (C=O) groups is 9. The molecule has 51 heavy (non-hydrogen) atoms. The van der Waals surface area contributed by atoms with Crippen LogP contribution in [-0.2, 0) is 49.6 Å². The van der Waals surface area contributed by atoms with Crippen molar-refractivity contribution in [2.24, 2.45) is 23.1 Å². The summed E-state index contributed by atoms with van der Waals surface area (Å²) in [6.45, 7) is 4.64. The summed E-state index contributed by atoms with van der Waals surface area (Å²) in [6.07, 6.45) is -2.73. The smallest absolute Gasteiger partial charge is 0.305 e. The number of nitrogens with one attached hydrogen (secondary N) is 5. The van der Waals surface area contributed by atoms with Crippen LogP contribution in [0.25, 0.3) is 0 Å². The fraction of sp³-hybridized carbons (Fsp3) is 0.533. The van der Waals surface area contributed by atoms with Gasteiger partial charge in [0.15, 0.2) is 0 Å². The van der Waals surface area contributed by atoms with Crippen molar-refractivity contribution in [2.45, 2.75) is 95.5 Å². The first-order valence-corrected chi connectivity index (χ1v) is 16.4. The van der Waals surface area contributed by atoms with Crippen LogP contribution in [0, 0.1) is 17.2 Å². The van der Waals surface area contributed by atoms with E-state index >= 15 is 0 Å². The van der Waals surface area contributed by atoms with Crippen LogP contribution in [-0.4, -0.2) is 99.8 Å². The van der Waals surface area contributed by atoms with Gasteiger partial charge in [0, 0.05) is 12.8 Å². The molecule has 0 aromatic carbocycles. The number of thiophene rings is 1. The van der Waals surface area contributed by atoms with Gasteiger partial charge in [-0.15, -0.1) is 11.3 Å². The lowest BCUT2D eigenvalue weighted by Crippen LogP contribution is -2.59. The second kappa shape index (κ2) is 20.8. The molecule has 0 spiro atoms. The third-order valence-electron chi connectivity index (χ3n) is 7.01. The highest BCUT2D eigenvalue weighted by atomic mass is 32.1. The number of nitrogens with zero attached hydrogens (tertiary/aromatic N) is 1. The van der Waals surface area contributed by atoms with Gasteiger partial charge in [0.25, 0.3) is 0 Å². The number of amides is 7. The second-order valence-corrected chi connectivity index (χ2v) is 12.9. The maximum atomic E-state index is 13.3. The largest absolute Gasteiger partial charge is 0.481 e. The Morgan fingerprint density at radius 2 is 1.31 bits per heavy atom. The predicted molar refractivity (Wildman–Crippen MR) is 178 cm³/mol. The molecule has 0 bridgehead atoms. The molecule has 6 atom stereocenters. The van der Waals surface area contributed by atoms with E-state index in [1.54, 1.807) is 19.2 Å². The molecule has 13 N–H and O–H groups in total. The topological polar surface area (TPSA) is 356 Å². The van der Waals surface area contributed by atoms with E-state index < -0.39 is 115 Å². The summed E-state index contributed by atoms with van der Waals surface area (Å²) in [5.74, 6) is -9.90. The van der Waals surface area contributed by atoms with E-state index in [1.165, 1.54) is 13.0 Å². The molecule has 1 heterocycles. The molecule has 0 saturated carbocycles. The first kappa shape index (κ1) is 43.4. The summed E-state index contributed by atoms with van der Waals surface area (Å²) in [7, 11) is 0. The van der Waals surface area contributed by atoms with Crippen LogP contribution in [0.2, 0.25) is 0 Å². The molecule has 0 fully saturated rings. The maximum absolute atomic E-state index is 13.3. The third-order valence-corrected chi connectivity index (χ3v) is 7.89. The predicted octanol–water partition coefficient (Wildman–Crippen LogP) is -3.32. The van der Waals surface area contributed by atoms with Gasteiger partial charge in [-0.2, -0.15) is 5.26 Å². The van der Waals surface area contributed by atoms with E-state index in [2.05, 4.69) is 26.6 Å². The molecule has 0 radical (unpaired) electrons. The Labute approximate surface area is 296 Å².